The van der Waals surface area contributed by atoms with Gasteiger partial charge in [-0.25, -0.2) is 14.2 Å². The fraction of sp³-hybridized carbons (Fsp3) is 0.133. The van der Waals surface area contributed by atoms with E-state index >= 15 is 0 Å². The van der Waals surface area contributed by atoms with E-state index in [1.807, 2.05) is 30.3 Å². The van der Waals surface area contributed by atoms with Crippen LogP contribution in [0.3, 0.4) is 0 Å². The molecule has 7 nitrogen and oxygen atoms in total. The highest BCUT2D eigenvalue weighted by Gasteiger charge is 2.35. The van der Waals surface area contributed by atoms with Gasteiger partial charge in [0.15, 0.2) is 4.80 Å². The Balaban J connectivity index is 1.74. The zero-order valence-electron chi connectivity index (χ0n) is 21.1. The topological polar surface area (TPSA) is 87.0 Å². The molecule has 1 aliphatic heterocycles. The standard InChI is InChI=1S/C30H23FN2O5S/c1-3-37-29(36)25-26(20-7-5-4-6-8-20)32-30-33(27(25)21-11-13-22(31)14-12-21)28(35)24(39-30)17-19-9-15-23(16-10-19)38-18(2)34/h4-17,27H,3H2,1-2H3/b24-17-/t27-/m0/s1. The zero-order valence-corrected chi connectivity index (χ0v) is 21.9. The SMILES string of the molecule is CCOC(=O)C1=C(c2ccccc2)N=c2s/c(=C\c3ccc(OC(C)=O)cc3)c(=O)n2[C@H]1c1ccc(F)cc1. The van der Waals surface area contributed by atoms with Crippen molar-refractivity contribution >= 4 is 35.0 Å². The second kappa shape index (κ2) is 11.0. The van der Waals surface area contributed by atoms with E-state index < -0.39 is 23.8 Å². The van der Waals surface area contributed by atoms with Gasteiger partial charge in [0, 0.05) is 12.5 Å². The molecule has 0 unspecified atom stereocenters. The van der Waals surface area contributed by atoms with Gasteiger partial charge in [-0.2, -0.15) is 0 Å². The maximum absolute atomic E-state index is 13.9. The number of carbonyl (C=O) groups is 2. The highest BCUT2D eigenvalue weighted by Crippen LogP contribution is 2.35. The van der Waals surface area contributed by atoms with E-state index in [0.717, 1.165) is 0 Å². The van der Waals surface area contributed by atoms with Gasteiger partial charge in [0.25, 0.3) is 5.56 Å². The van der Waals surface area contributed by atoms with Crippen molar-refractivity contribution in [2.45, 2.75) is 19.9 Å². The number of rotatable bonds is 6. The Kier molecular flexibility index (Phi) is 7.33. The molecule has 0 saturated heterocycles. The van der Waals surface area contributed by atoms with Gasteiger partial charge in [0.2, 0.25) is 0 Å². The molecular formula is C30H23FN2O5S. The van der Waals surface area contributed by atoms with E-state index in [0.29, 0.717) is 37.5 Å². The van der Waals surface area contributed by atoms with E-state index in [4.69, 9.17) is 14.5 Å². The lowest BCUT2D eigenvalue weighted by Crippen LogP contribution is -2.40. The van der Waals surface area contributed by atoms with E-state index in [9.17, 15) is 18.8 Å². The molecule has 0 bridgehead atoms. The zero-order chi connectivity index (χ0) is 27.5. The number of esters is 2. The molecule has 1 aliphatic rings. The average Bonchev–Trinajstić information content (AvgIpc) is 3.24. The monoisotopic (exact) mass is 542 g/mol. The Hall–Kier alpha value is -4.63. The molecule has 9 heteroatoms. The third-order valence-corrected chi connectivity index (χ3v) is 6.98. The maximum atomic E-state index is 13.9. The summed E-state index contributed by atoms with van der Waals surface area (Å²) in [5.41, 5.74) is 2.17. The summed E-state index contributed by atoms with van der Waals surface area (Å²) in [5, 5.41) is 0. The number of hydrogen-bond acceptors (Lipinski definition) is 7. The first-order valence-corrected chi connectivity index (χ1v) is 13.0. The van der Waals surface area contributed by atoms with Crippen LogP contribution in [-0.2, 0) is 14.3 Å². The van der Waals surface area contributed by atoms with Gasteiger partial charge >= 0.3 is 11.9 Å². The number of carbonyl (C=O) groups excluding carboxylic acids is 2. The van der Waals surface area contributed by atoms with E-state index in [2.05, 4.69) is 0 Å². The number of nitrogens with zero attached hydrogens (tertiary/aromatic N) is 2. The summed E-state index contributed by atoms with van der Waals surface area (Å²) in [6, 6.07) is 20.7. The first-order chi connectivity index (χ1) is 18.9. The van der Waals surface area contributed by atoms with Crippen LogP contribution in [0.5, 0.6) is 5.75 Å². The van der Waals surface area contributed by atoms with Crippen molar-refractivity contribution in [3.05, 3.63) is 127 Å². The minimum absolute atomic E-state index is 0.133. The molecule has 0 aliphatic carbocycles. The van der Waals surface area contributed by atoms with Gasteiger partial charge in [-0.1, -0.05) is 65.9 Å². The lowest BCUT2D eigenvalue weighted by atomic mass is 9.93. The van der Waals surface area contributed by atoms with Gasteiger partial charge in [-0.05, 0) is 48.4 Å². The summed E-state index contributed by atoms with van der Waals surface area (Å²) in [6.45, 7) is 3.16. The summed E-state index contributed by atoms with van der Waals surface area (Å²) >= 11 is 1.18. The van der Waals surface area contributed by atoms with E-state index in [-0.39, 0.29) is 17.7 Å². The number of hydrogen-bond donors (Lipinski definition) is 0. The molecule has 196 valence electrons. The van der Waals surface area contributed by atoms with Crippen LogP contribution < -0.4 is 19.6 Å². The van der Waals surface area contributed by atoms with E-state index in [1.54, 1.807) is 49.4 Å². The molecule has 0 spiro atoms. The first-order valence-electron chi connectivity index (χ1n) is 12.2. The Morgan fingerprint density at radius 3 is 2.36 bits per heavy atom. The molecule has 5 rings (SSSR count). The van der Waals surface area contributed by atoms with Crippen LogP contribution in [0.4, 0.5) is 4.39 Å². The highest BCUT2D eigenvalue weighted by molar-refractivity contribution is 7.07. The Labute approximate surface area is 226 Å². The number of ether oxygens (including phenoxy) is 2. The van der Waals surface area contributed by atoms with Crippen LogP contribution >= 0.6 is 11.3 Å². The van der Waals surface area contributed by atoms with Crippen molar-refractivity contribution in [1.29, 1.82) is 0 Å². The highest BCUT2D eigenvalue weighted by atomic mass is 32.1. The number of halogens is 1. The summed E-state index contributed by atoms with van der Waals surface area (Å²) < 4.78 is 26.2. The Bertz CT molecular complexity index is 1760. The van der Waals surface area contributed by atoms with Crippen molar-refractivity contribution in [3.63, 3.8) is 0 Å². The minimum atomic E-state index is -0.885. The van der Waals surface area contributed by atoms with Crippen LogP contribution in [0.2, 0.25) is 0 Å². The van der Waals surface area contributed by atoms with Crippen LogP contribution in [0, 0.1) is 5.82 Å². The van der Waals surface area contributed by atoms with Crippen molar-refractivity contribution in [2.24, 2.45) is 4.99 Å². The Morgan fingerprint density at radius 1 is 1.03 bits per heavy atom. The van der Waals surface area contributed by atoms with Gasteiger partial charge in [0.1, 0.15) is 11.6 Å². The summed E-state index contributed by atoms with van der Waals surface area (Å²) in [4.78, 5) is 43.6. The number of thiazole rings is 1. The second-order valence-corrected chi connectivity index (χ2v) is 9.65. The molecule has 0 fully saturated rings. The average molecular weight is 543 g/mol. The normalized spacial score (nSPS) is 14.9. The molecule has 0 amide bonds. The van der Waals surface area contributed by atoms with Crippen molar-refractivity contribution < 1.29 is 23.5 Å². The third-order valence-electron chi connectivity index (χ3n) is 6.00. The molecule has 0 radical (unpaired) electrons. The number of benzene rings is 3. The predicted molar refractivity (Wildman–Crippen MR) is 145 cm³/mol. The van der Waals surface area contributed by atoms with Crippen molar-refractivity contribution in [3.8, 4) is 5.75 Å². The van der Waals surface area contributed by atoms with Crippen molar-refractivity contribution in [1.82, 2.24) is 4.57 Å². The smallest absolute Gasteiger partial charge is 0.338 e. The van der Waals surface area contributed by atoms with E-state index in [1.165, 1.54) is 35.0 Å². The number of fused-ring (bicyclic) bond motifs is 1. The summed E-state index contributed by atoms with van der Waals surface area (Å²) in [7, 11) is 0. The first kappa shape index (κ1) is 26.0. The molecule has 0 N–H and O–H groups in total. The lowest BCUT2D eigenvalue weighted by Gasteiger charge is -2.25. The molecule has 4 aromatic rings. The molecule has 1 atom stereocenters. The summed E-state index contributed by atoms with van der Waals surface area (Å²) in [6.07, 6.45) is 1.71. The fourth-order valence-electron chi connectivity index (χ4n) is 4.35. The number of aromatic nitrogens is 1. The lowest BCUT2D eigenvalue weighted by molar-refractivity contribution is -0.139. The van der Waals surface area contributed by atoms with Crippen LogP contribution in [0.15, 0.2) is 94.2 Å². The molecular weight excluding hydrogens is 519 g/mol. The van der Waals surface area contributed by atoms with Gasteiger partial charge < -0.3 is 9.47 Å². The van der Waals surface area contributed by atoms with Gasteiger partial charge in [0.05, 0.1) is 28.5 Å². The Morgan fingerprint density at radius 2 is 1.72 bits per heavy atom. The fourth-order valence-corrected chi connectivity index (χ4v) is 5.35. The van der Waals surface area contributed by atoms with Crippen LogP contribution in [0.1, 0.15) is 36.6 Å². The van der Waals surface area contributed by atoms with Crippen LogP contribution in [-0.4, -0.2) is 23.1 Å². The quantitative estimate of drug-likeness (QED) is 0.272. The molecule has 2 heterocycles. The van der Waals surface area contributed by atoms with Crippen LogP contribution in [0.25, 0.3) is 11.8 Å². The maximum Gasteiger partial charge on any atom is 0.338 e. The largest absolute Gasteiger partial charge is 0.463 e. The van der Waals surface area contributed by atoms with Crippen molar-refractivity contribution in [2.75, 3.05) is 6.61 Å². The minimum Gasteiger partial charge on any atom is -0.463 e. The predicted octanol–water partition coefficient (Wildman–Crippen LogP) is 4.00. The molecule has 3 aromatic carbocycles. The van der Waals surface area contributed by atoms with Gasteiger partial charge in [-0.15, -0.1) is 0 Å². The second-order valence-electron chi connectivity index (χ2n) is 8.65. The molecule has 1 aromatic heterocycles. The molecule has 39 heavy (non-hydrogen) atoms. The van der Waals surface area contributed by atoms with Gasteiger partial charge in [-0.3, -0.25) is 14.2 Å². The molecule has 0 saturated carbocycles. The summed E-state index contributed by atoms with van der Waals surface area (Å²) in [5.74, 6) is -1.08. The third kappa shape index (κ3) is 5.35.